The van der Waals surface area contributed by atoms with Gasteiger partial charge in [-0.1, -0.05) is 17.2 Å². The van der Waals surface area contributed by atoms with Crippen LogP contribution in [-0.2, 0) is 14.3 Å². The molecule has 0 aliphatic carbocycles. The molecule has 176 valence electrons. The fourth-order valence-corrected chi connectivity index (χ4v) is 5.37. The number of carbonyl (C=O) groups is 2. The molecule has 0 saturated carbocycles. The summed E-state index contributed by atoms with van der Waals surface area (Å²) < 4.78 is 11.2. The number of ether oxygens (including phenoxy) is 2. The third-order valence-corrected chi connectivity index (χ3v) is 7.06. The number of rotatable bonds is 6. The van der Waals surface area contributed by atoms with Crippen LogP contribution in [0.15, 0.2) is 18.2 Å². The van der Waals surface area contributed by atoms with E-state index in [0.29, 0.717) is 25.6 Å². The number of aryl methyl sites for hydroxylation is 2. The van der Waals surface area contributed by atoms with Gasteiger partial charge in [-0.3, -0.25) is 14.5 Å². The zero-order chi connectivity index (χ0) is 22.5. The van der Waals surface area contributed by atoms with Crippen molar-refractivity contribution in [2.45, 2.75) is 39.2 Å². The first-order valence-corrected chi connectivity index (χ1v) is 12.1. The highest BCUT2D eigenvalue weighted by molar-refractivity contribution is 5.95. The van der Waals surface area contributed by atoms with Crippen molar-refractivity contribution < 1.29 is 19.1 Å². The highest BCUT2D eigenvalue weighted by Crippen LogP contribution is 2.23. The molecule has 0 spiro atoms. The fraction of sp³-hybridized carbons (Fsp3) is 0.680. The maximum absolute atomic E-state index is 13.1. The molecule has 0 aromatic heterocycles. The predicted molar refractivity (Wildman–Crippen MR) is 123 cm³/mol. The van der Waals surface area contributed by atoms with Crippen LogP contribution in [0.4, 0.5) is 0 Å². The maximum Gasteiger partial charge on any atom is 0.253 e. The standard InChI is InChI=1S/C25H37N3O4/c1-18-12-19(2)14-22(13-18)25(30)28-6-3-4-20(16-28)24(29)26-15-23(21-5-9-32-17-21)27-7-10-31-11-8-27/h12-14,20-21,23H,3-11,15-17H2,1-2H3,(H,26,29). The van der Waals surface area contributed by atoms with Crippen molar-refractivity contribution in [2.75, 3.05) is 59.2 Å². The van der Waals surface area contributed by atoms with E-state index in [-0.39, 0.29) is 23.8 Å². The number of morpholine rings is 1. The molecule has 1 aromatic carbocycles. The third kappa shape index (κ3) is 5.69. The molecule has 4 rings (SSSR count). The fourth-order valence-electron chi connectivity index (χ4n) is 5.37. The third-order valence-electron chi connectivity index (χ3n) is 7.06. The quantitative estimate of drug-likeness (QED) is 0.728. The highest BCUT2D eigenvalue weighted by Gasteiger charge is 2.34. The molecule has 1 aromatic rings. The van der Waals surface area contributed by atoms with Crippen molar-refractivity contribution in [2.24, 2.45) is 11.8 Å². The van der Waals surface area contributed by atoms with Crippen LogP contribution in [0.25, 0.3) is 0 Å². The minimum Gasteiger partial charge on any atom is -0.381 e. The average Bonchev–Trinajstić information content (AvgIpc) is 3.33. The molecule has 0 radical (unpaired) electrons. The van der Waals surface area contributed by atoms with E-state index in [9.17, 15) is 9.59 Å². The minimum atomic E-state index is -0.149. The number of piperidine rings is 1. The number of likely N-dealkylation sites (tertiary alicyclic amines) is 1. The molecule has 3 heterocycles. The number of nitrogens with zero attached hydrogens (tertiary/aromatic N) is 2. The number of nitrogens with one attached hydrogen (secondary N) is 1. The lowest BCUT2D eigenvalue weighted by molar-refractivity contribution is -0.126. The van der Waals surface area contributed by atoms with E-state index < -0.39 is 0 Å². The van der Waals surface area contributed by atoms with Crippen molar-refractivity contribution in [3.05, 3.63) is 34.9 Å². The van der Waals surface area contributed by atoms with Crippen LogP contribution in [0.2, 0.25) is 0 Å². The molecule has 3 aliphatic heterocycles. The van der Waals surface area contributed by atoms with Gasteiger partial charge in [0.15, 0.2) is 0 Å². The Kier molecular flexibility index (Phi) is 7.81. The van der Waals surface area contributed by atoms with E-state index in [4.69, 9.17) is 9.47 Å². The molecule has 3 atom stereocenters. The Hall–Kier alpha value is -1.96. The summed E-state index contributed by atoms with van der Waals surface area (Å²) in [5, 5.41) is 3.23. The molecule has 32 heavy (non-hydrogen) atoms. The zero-order valence-corrected chi connectivity index (χ0v) is 19.5. The summed E-state index contributed by atoms with van der Waals surface area (Å²) in [6.07, 6.45) is 2.73. The molecule has 3 aliphatic rings. The van der Waals surface area contributed by atoms with Crippen molar-refractivity contribution in [3.63, 3.8) is 0 Å². The second kappa shape index (κ2) is 10.8. The van der Waals surface area contributed by atoms with E-state index in [1.165, 1.54) is 0 Å². The van der Waals surface area contributed by atoms with Gasteiger partial charge in [-0.05, 0) is 45.2 Å². The lowest BCUT2D eigenvalue weighted by Gasteiger charge is -2.38. The summed E-state index contributed by atoms with van der Waals surface area (Å²) in [5.41, 5.74) is 2.89. The first kappa shape index (κ1) is 23.2. The van der Waals surface area contributed by atoms with E-state index in [0.717, 1.165) is 75.5 Å². The number of hydrogen-bond donors (Lipinski definition) is 1. The van der Waals surface area contributed by atoms with Crippen molar-refractivity contribution in [3.8, 4) is 0 Å². The van der Waals surface area contributed by atoms with E-state index in [1.54, 1.807) is 0 Å². The Balaban J connectivity index is 1.35. The predicted octanol–water partition coefficient (Wildman–Crippen LogP) is 2.01. The Morgan fingerprint density at radius 3 is 2.47 bits per heavy atom. The van der Waals surface area contributed by atoms with Crippen LogP contribution in [0, 0.1) is 25.7 Å². The van der Waals surface area contributed by atoms with Crippen LogP contribution < -0.4 is 5.32 Å². The van der Waals surface area contributed by atoms with E-state index in [1.807, 2.05) is 30.9 Å². The highest BCUT2D eigenvalue weighted by atomic mass is 16.5. The Labute approximate surface area is 191 Å². The molecule has 1 N–H and O–H groups in total. The van der Waals surface area contributed by atoms with Gasteiger partial charge >= 0.3 is 0 Å². The maximum atomic E-state index is 13.1. The lowest BCUT2D eigenvalue weighted by atomic mass is 9.94. The molecule has 3 fully saturated rings. The summed E-state index contributed by atoms with van der Waals surface area (Å²) >= 11 is 0. The summed E-state index contributed by atoms with van der Waals surface area (Å²) in [6, 6.07) is 6.23. The van der Waals surface area contributed by atoms with Crippen LogP contribution in [0.1, 0.15) is 40.7 Å². The monoisotopic (exact) mass is 443 g/mol. The second-order valence-corrected chi connectivity index (χ2v) is 9.55. The van der Waals surface area contributed by atoms with Crippen LogP contribution in [0.3, 0.4) is 0 Å². The van der Waals surface area contributed by atoms with Crippen molar-refractivity contribution >= 4 is 11.8 Å². The second-order valence-electron chi connectivity index (χ2n) is 9.55. The number of carbonyl (C=O) groups excluding carboxylic acids is 2. The van der Waals surface area contributed by atoms with Gasteiger partial charge in [0.05, 0.1) is 25.7 Å². The summed E-state index contributed by atoms with van der Waals surface area (Å²) in [5.74, 6) is 0.398. The van der Waals surface area contributed by atoms with Crippen LogP contribution in [0.5, 0.6) is 0 Å². The molecule has 3 saturated heterocycles. The van der Waals surface area contributed by atoms with Gasteiger partial charge in [-0.15, -0.1) is 0 Å². The zero-order valence-electron chi connectivity index (χ0n) is 19.5. The molecule has 2 amide bonds. The summed E-state index contributed by atoms with van der Waals surface area (Å²) in [4.78, 5) is 30.5. The number of amides is 2. The first-order valence-electron chi connectivity index (χ1n) is 12.1. The topological polar surface area (TPSA) is 71.1 Å². The summed E-state index contributed by atoms with van der Waals surface area (Å²) in [7, 11) is 0. The SMILES string of the molecule is Cc1cc(C)cc(C(=O)N2CCCC(C(=O)NCC(C3CCOC3)N3CCOCC3)C2)c1. The van der Waals surface area contributed by atoms with Gasteiger partial charge in [0.2, 0.25) is 5.91 Å². The molecule has 0 bridgehead atoms. The smallest absolute Gasteiger partial charge is 0.253 e. The molecule has 3 unspecified atom stereocenters. The number of hydrogen-bond acceptors (Lipinski definition) is 5. The largest absolute Gasteiger partial charge is 0.381 e. The molecule has 7 heteroatoms. The van der Waals surface area contributed by atoms with Gasteiger partial charge in [0.1, 0.15) is 0 Å². The van der Waals surface area contributed by atoms with Gasteiger partial charge in [-0.2, -0.15) is 0 Å². The average molecular weight is 444 g/mol. The van der Waals surface area contributed by atoms with Gasteiger partial charge in [0, 0.05) is 56.9 Å². The Bertz CT molecular complexity index is 782. The normalized spacial score (nSPS) is 25.5. The minimum absolute atomic E-state index is 0.0311. The molecule has 7 nitrogen and oxygen atoms in total. The van der Waals surface area contributed by atoms with Crippen LogP contribution in [-0.4, -0.2) is 86.8 Å². The first-order chi connectivity index (χ1) is 15.5. The van der Waals surface area contributed by atoms with Gasteiger partial charge in [0.25, 0.3) is 5.91 Å². The Morgan fingerprint density at radius 2 is 1.78 bits per heavy atom. The van der Waals surface area contributed by atoms with Gasteiger partial charge in [-0.25, -0.2) is 0 Å². The number of benzene rings is 1. The lowest BCUT2D eigenvalue weighted by Crippen LogP contribution is -2.53. The van der Waals surface area contributed by atoms with Crippen molar-refractivity contribution in [1.29, 1.82) is 0 Å². The molecular formula is C25H37N3O4. The van der Waals surface area contributed by atoms with E-state index >= 15 is 0 Å². The van der Waals surface area contributed by atoms with Crippen molar-refractivity contribution in [1.82, 2.24) is 15.1 Å². The molecular weight excluding hydrogens is 406 g/mol. The van der Waals surface area contributed by atoms with Gasteiger partial charge < -0.3 is 19.7 Å². The van der Waals surface area contributed by atoms with E-state index in [2.05, 4.69) is 16.3 Å². The van der Waals surface area contributed by atoms with Crippen LogP contribution >= 0.6 is 0 Å². The summed E-state index contributed by atoms with van der Waals surface area (Å²) in [6.45, 7) is 10.7. The Morgan fingerprint density at radius 1 is 1.03 bits per heavy atom.